The standard InChI is InChI=1S/C13H8F3N3OS/c14-13(15,16)12-18-6-10(21-12)11(20)9-5-17-7-3-1-2-4-8(7)19-9/h1-6,11,20H. The largest absolute Gasteiger partial charge is 0.443 e. The first-order valence-corrected chi connectivity index (χ1v) is 6.69. The number of hydrogen-bond donors (Lipinski definition) is 1. The Balaban J connectivity index is 1.96. The summed E-state index contributed by atoms with van der Waals surface area (Å²) in [4.78, 5) is 11.7. The average molecular weight is 311 g/mol. The number of para-hydroxylation sites is 2. The van der Waals surface area contributed by atoms with Crippen molar-refractivity contribution in [3.05, 3.63) is 52.2 Å². The number of rotatable bonds is 2. The van der Waals surface area contributed by atoms with Crippen molar-refractivity contribution in [2.24, 2.45) is 0 Å². The van der Waals surface area contributed by atoms with Crippen LogP contribution >= 0.6 is 11.3 Å². The van der Waals surface area contributed by atoms with Crippen LogP contribution in [0.1, 0.15) is 21.7 Å². The van der Waals surface area contributed by atoms with Gasteiger partial charge < -0.3 is 5.11 Å². The van der Waals surface area contributed by atoms with Crippen LogP contribution < -0.4 is 0 Å². The number of nitrogens with zero attached hydrogens (tertiary/aromatic N) is 3. The maximum Gasteiger partial charge on any atom is 0.443 e. The van der Waals surface area contributed by atoms with E-state index in [1.807, 2.05) is 0 Å². The van der Waals surface area contributed by atoms with Gasteiger partial charge in [-0.15, -0.1) is 11.3 Å². The number of fused-ring (bicyclic) bond motifs is 1. The van der Waals surface area contributed by atoms with E-state index < -0.39 is 17.3 Å². The number of alkyl halides is 3. The average Bonchev–Trinajstić information content (AvgIpc) is 2.96. The molecule has 108 valence electrons. The molecule has 0 amide bonds. The number of benzene rings is 1. The summed E-state index contributed by atoms with van der Waals surface area (Å²) in [6.07, 6.45) is -3.44. The van der Waals surface area contributed by atoms with Crippen molar-refractivity contribution in [2.45, 2.75) is 12.3 Å². The Morgan fingerprint density at radius 2 is 1.76 bits per heavy atom. The lowest BCUT2D eigenvalue weighted by Crippen LogP contribution is -2.03. The first-order valence-electron chi connectivity index (χ1n) is 5.88. The first-order chi connectivity index (χ1) is 9.95. The lowest BCUT2D eigenvalue weighted by atomic mass is 10.2. The minimum atomic E-state index is -4.52. The minimum absolute atomic E-state index is 0.0758. The molecule has 0 bridgehead atoms. The molecule has 21 heavy (non-hydrogen) atoms. The van der Waals surface area contributed by atoms with E-state index in [0.29, 0.717) is 22.4 Å². The fourth-order valence-corrected chi connectivity index (χ4v) is 2.58. The molecule has 2 aromatic heterocycles. The second-order valence-corrected chi connectivity index (χ2v) is 5.31. The predicted molar refractivity (Wildman–Crippen MR) is 70.7 cm³/mol. The smallest absolute Gasteiger partial charge is 0.381 e. The Morgan fingerprint density at radius 3 is 2.43 bits per heavy atom. The van der Waals surface area contributed by atoms with Crippen LogP contribution in [0.15, 0.2) is 36.7 Å². The van der Waals surface area contributed by atoms with Crippen LogP contribution in [0.4, 0.5) is 13.2 Å². The van der Waals surface area contributed by atoms with Crippen LogP contribution in [-0.2, 0) is 6.18 Å². The fraction of sp³-hybridized carbons (Fsp3) is 0.154. The number of aliphatic hydroxyl groups is 1. The number of aromatic nitrogens is 3. The molecule has 4 nitrogen and oxygen atoms in total. The Morgan fingerprint density at radius 1 is 1.05 bits per heavy atom. The molecule has 3 aromatic rings. The first kappa shape index (κ1) is 13.9. The summed E-state index contributed by atoms with van der Waals surface area (Å²) in [6.45, 7) is 0. The topological polar surface area (TPSA) is 58.9 Å². The van der Waals surface area contributed by atoms with Gasteiger partial charge in [0.25, 0.3) is 0 Å². The van der Waals surface area contributed by atoms with E-state index in [0.717, 1.165) is 6.20 Å². The molecule has 0 spiro atoms. The SMILES string of the molecule is OC(c1cnc2ccccc2n1)c1cnc(C(F)(F)F)s1. The minimum Gasteiger partial charge on any atom is -0.381 e. The molecule has 0 saturated heterocycles. The van der Waals surface area contributed by atoms with Gasteiger partial charge in [0, 0.05) is 6.20 Å². The highest BCUT2D eigenvalue weighted by molar-refractivity contribution is 7.11. The van der Waals surface area contributed by atoms with E-state index in [9.17, 15) is 18.3 Å². The number of hydrogen-bond acceptors (Lipinski definition) is 5. The third-order valence-electron chi connectivity index (χ3n) is 2.78. The van der Waals surface area contributed by atoms with Crippen molar-refractivity contribution in [1.29, 1.82) is 0 Å². The van der Waals surface area contributed by atoms with E-state index in [4.69, 9.17) is 0 Å². The van der Waals surface area contributed by atoms with Crippen molar-refractivity contribution < 1.29 is 18.3 Å². The van der Waals surface area contributed by atoms with Gasteiger partial charge in [0.1, 0.15) is 6.10 Å². The summed E-state index contributed by atoms with van der Waals surface area (Å²) < 4.78 is 37.5. The number of thiazole rings is 1. The van der Waals surface area contributed by atoms with E-state index in [1.165, 1.54) is 6.20 Å². The Labute approximate surface area is 120 Å². The highest BCUT2D eigenvalue weighted by Crippen LogP contribution is 2.35. The van der Waals surface area contributed by atoms with Gasteiger partial charge in [-0.05, 0) is 12.1 Å². The van der Waals surface area contributed by atoms with Crippen molar-refractivity contribution >= 4 is 22.4 Å². The van der Waals surface area contributed by atoms with Gasteiger partial charge in [-0.25, -0.2) is 9.97 Å². The monoisotopic (exact) mass is 311 g/mol. The maximum absolute atomic E-state index is 12.5. The Kier molecular flexibility index (Phi) is 3.34. The van der Waals surface area contributed by atoms with E-state index in [1.54, 1.807) is 24.3 Å². The zero-order valence-corrected chi connectivity index (χ0v) is 11.2. The van der Waals surface area contributed by atoms with Crippen molar-refractivity contribution in [3.8, 4) is 0 Å². The third kappa shape index (κ3) is 2.72. The quantitative estimate of drug-likeness (QED) is 0.789. The van der Waals surface area contributed by atoms with Crippen LogP contribution in [0.5, 0.6) is 0 Å². The normalized spacial score (nSPS) is 13.5. The molecule has 1 unspecified atom stereocenters. The lowest BCUT2D eigenvalue weighted by Gasteiger charge is -2.08. The molecule has 2 heterocycles. The molecular formula is C13H8F3N3OS. The van der Waals surface area contributed by atoms with Crippen LogP contribution in [0.3, 0.4) is 0 Å². The van der Waals surface area contributed by atoms with Crippen LogP contribution in [0.25, 0.3) is 11.0 Å². The third-order valence-corrected chi connectivity index (χ3v) is 3.88. The molecule has 0 fully saturated rings. The molecule has 1 atom stereocenters. The molecule has 0 radical (unpaired) electrons. The molecule has 3 rings (SSSR count). The van der Waals surface area contributed by atoms with Gasteiger partial charge in [-0.2, -0.15) is 13.2 Å². The summed E-state index contributed by atoms with van der Waals surface area (Å²) in [7, 11) is 0. The molecule has 1 N–H and O–H groups in total. The van der Waals surface area contributed by atoms with Gasteiger partial charge in [-0.1, -0.05) is 12.1 Å². The van der Waals surface area contributed by atoms with Gasteiger partial charge >= 0.3 is 6.18 Å². The van der Waals surface area contributed by atoms with Crippen LogP contribution in [0.2, 0.25) is 0 Å². The summed E-state index contributed by atoms with van der Waals surface area (Å²) in [5.74, 6) is 0. The molecule has 0 saturated carbocycles. The van der Waals surface area contributed by atoms with Crippen molar-refractivity contribution in [1.82, 2.24) is 15.0 Å². The second-order valence-electron chi connectivity index (χ2n) is 4.25. The van der Waals surface area contributed by atoms with Gasteiger partial charge in [0.2, 0.25) is 0 Å². The van der Waals surface area contributed by atoms with E-state index in [2.05, 4.69) is 15.0 Å². The molecule has 0 aliphatic heterocycles. The number of aliphatic hydroxyl groups excluding tert-OH is 1. The van der Waals surface area contributed by atoms with Gasteiger partial charge in [0.15, 0.2) is 5.01 Å². The molecule has 8 heteroatoms. The summed E-state index contributed by atoms with van der Waals surface area (Å²) in [5, 5.41) is 9.14. The number of halogens is 3. The Hall–Kier alpha value is -2.06. The van der Waals surface area contributed by atoms with E-state index in [-0.39, 0.29) is 10.6 Å². The highest BCUT2D eigenvalue weighted by Gasteiger charge is 2.35. The summed E-state index contributed by atoms with van der Waals surface area (Å²) in [6, 6.07) is 7.03. The fourth-order valence-electron chi connectivity index (χ4n) is 1.79. The molecular weight excluding hydrogens is 303 g/mol. The van der Waals surface area contributed by atoms with Gasteiger partial charge in [-0.3, -0.25) is 4.98 Å². The maximum atomic E-state index is 12.5. The van der Waals surface area contributed by atoms with Gasteiger partial charge in [0.05, 0.1) is 27.8 Å². The van der Waals surface area contributed by atoms with Crippen LogP contribution in [-0.4, -0.2) is 20.1 Å². The molecule has 0 aliphatic carbocycles. The van der Waals surface area contributed by atoms with Crippen LogP contribution in [0, 0.1) is 0 Å². The van der Waals surface area contributed by atoms with E-state index >= 15 is 0 Å². The zero-order valence-electron chi connectivity index (χ0n) is 10.4. The Bertz CT molecular complexity index is 787. The predicted octanol–water partition coefficient (Wildman–Crippen LogP) is 3.19. The lowest BCUT2D eigenvalue weighted by molar-refractivity contribution is -0.137. The molecule has 1 aromatic carbocycles. The summed E-state index contributed by atoms with van der Waals surface area (Å²) in [5.41, 5.74) is 1.40. The van der Waals surface area contributed by atoms with Crippen molar-refractivity contribution in [2.75, 3.05) is 0 Å². The highest BCUT2D eigenvalue weighted by atomic mass is 32.1. The van der Waals surface area contributed by atoms with Crippen molar-refractivity contribution in [3.63, 3.8) is 0 Å². The second kappa shape index (κ2) is 5.05. The summed E-state index contributed by atoms with van der Waals surface area (Å²) >= 11 is 0.394. The molecule has 0 aliphatic rings. The zero-order chi connectivity index (χ0) is 15.0.